The Morgan fingerprint density at radius 2 is 1.50 bits per heavy atom. The van der Waals surface area contributed by atoms with E-state index in [0.29, 0.717) is 6.42 Å². The van der Waals surface area contributed by atoms with Crippen molar-refractivity contribution in [2.24, 2.45) is 0 Å². The molecule has 84 valence electrons. The smallest absolute Gasteiger partial charge is 0.303 e. The molecular weight excluding hydrogens is 176 g/mol. The third kappa shape index (κ3) is 11.5. The van der Waals surface area contributed by atoms with E-state index in [1.54, 1.807) is 0 Å². The largest absolute Gasteiger partial charge is 0.481 e. The number of carboxylic acids is 1. The first-order valence-corrected chi connectivity index (χ1v) is 5.63. The fourth-order valence-electron chi connectivity index (χ4n) is 1.46. The molecule has 0 atom stereocenters. The molecule has 0 unspecified atom stereocenters. The molecule has 0 aliphatic heterocycles. The second kappa shape index (κ2) is 10.6. The number of hydrogen-bond acceptors (Lipinski definition) is 1. The van der Waals surface area contributed by atoms with Crippen molar-refractivity contribution in [3.05, 3.63) is 0 Å². The Kier molecular flexibility index (Phi) is 6.60. The van der Waals surface area contributed by atoms with Gasteiger partial charge in [0.05, 0.1) is 0 Å². The summed E-state index contributed by atoms with van der Waals surface area (Å²) in [4.78, 5) is 10.2. The molecule has 0 heterocycles. The molecule has 0 radical (unpaired) electrons. The first-order chi connectivity index (χ1) is 7.92. The molecule has 0 saturated heterocycles. The van der Waals surface area contributed by atoms with Gasteiger partial charge in [0, 0.05) is 10.5 Å². The van der Waals surface area contributed by atoms with Gasteiger partial charge in [-0.2, -0.15) is 0 Å². The van der Waals surface area contributed by atoms with Gasteiger partial charge in [0.1, 0.15) is 0 Å². The maximum absolute atomic E-state index is 10.2. The highest BCUT2D eigenvalue weighted by Crippen LogP contribution is 2.10. The summed E-state index contributed by atoms with van der Waals surface area (Å²) in [5.41, 5.74) is 0. The van der Waals surface area contributed by atoms with Crippen molar-refractivity contribution < 1.29 is 14.0 Å². The fraction of sp³-hybridized carbons (Fsp3) is 0.917. The van der Waals surface area contributed by atoms with Gasteiger partial charge in [0.2, 0.25) is 0 Å². The minimum atomic E-state index is -1.77. The number of rotatable bonds is 10. The third-order valence-corrected chi connectivity index (χ3v) is 2.32. The summed E-state index contributed by atoms with van der Waals surface area (Å²) in [5.74, 6) is -0.713. The molecule has 0 aromatic heterocycles. The van der Waals surface area contributed by atoms with Crippen LogP contribution in [0, 0.1) is 0 Å². The minimum Gasteiger partial charge on any atom is -0.481 e. The van der Waals surface area contributed by atoms with Crippen LogP contribution in [0.3, 0.4) is 0 Å². The van der Waals surface area contributed by atoms with E-state index < -0.39 is 12.8 Å². The predicted molar refractivity (Wildman–Crippen MR) is 59.5 cm³/mol. The van der Waals surface area contributed by atoms with E-state index in [1.807, 2.05) is 0 Å². The summed E-state index contributed by atoms with van der Waals surface area (Å²) in [7, 11) is 0. The molecule has 14 heavy (non-hydrogen) atoms. The predicted octanol–water partition coefficient (Wildman–Crippen LogP) is 3.99. The maximum atomic E-state index is 10.2. The zero-order chi connectivity index (χ0) is 13.1. The molecule has 2 heteroatoms. The van der Waals surface area contributed by atoms with Gasteiger partial charge in [-0.05, 0) is 6.42 Å². The van der Waals surface area contributed by atoms with Gasteiger partial charge in [-0.15, -0.1) is 0 Å². The van der Waals surface area contributed by atoms with Gasteiger partial charge >= 0.3 is 5.97 Å². The van der Waals surface area contributed by atoms with Crippen molar-refractivity contribution in [1.29, 1.82) is 0 Å². The molecule has 0 spiro atoms. The summed E-state index contributed by atoms with van der Waals surface area (Å²) >= 11 is 0. The normalized spacial score (nSPS) is 14.4. The lowest BCUT2D eigenvalue weighted by Crippen LogP contribution is -1.93. The Hall–Kier alpha value is -0.530. The quantitative estimate of drug-likeness (QED) is 0.545. The van der Waals surface area contributed by atoms with Gasteiger partial charge in [-0.25, -0.2) is 0 Å². The average Bonchev–Trinajstić information content (AvgIpc) is 2.18. The molecule has 0 rings (SSSR count). The van der Waals surface area contributed by atoms with Crippen molar-refractivity contribution in [3.63, 3.8) is 0 Å². The van der Waals surface area contributed by atoms with Gasteiger partial charge in [0.25, 0.3) is 0 Å². The van der Waals surface area contributed by atoms with Crippen molar-refractivity contribution in [1.82, 2.24) is 0 Å². The first-order valence-electron chi connectivity index (χ1n) is 7.13. The summed E-state index contributed by atoms with van der Waals surface area (Å²) in [6, 6.07) is 0. The summed E-state index contributed by atoms with van der Waals surface area (Å²) in [5, 5.41) is 8.43. The van der Waals surface area contributed by atoms with Gasteiger partial charge in [0.15, 0.2) is 0 Å². The standard InChI is InChI=1S/C12H24O2/c1-2-3-4-5-6-7-8-9-10-11-12(13)14/h2-11H2,1H3,(H,13,14)/i1D3. The summed E-state index contributed by atoms with van der Waals surface area (Å²) in [6.45, 7) is -1.77. The van der Waals surface area contributed by atoms with Crippen LogP contribution >= 0.6 is 0 Å². The molecule has 0 bridgehead atoms. The van der Waals surface area contributed by atoms with E-state index in [-0.39, 0.29) is 6.42 Å². The molecular formula is C12H24O2. The van der Waals surface area contributed by atoms with E-state index in [1.165, 1.54) is 0 Å². The highest BCUT2D eigenvalue weighted by atomic mass is 16.4. The fourth-order valence-corrected chi connectivity index (χ4v) is 1.46. The Morgan fingerprint density at radius 3 is 2.00 bits per heavy atom. The van der Waals surface area contributed by atoms with E-state index in [4.69, 9.17) is 9.22 Å². The molecule has 1 N–H and O–H groups in total. The molecule has 0 aliphatic rings. The van der Waals surface area contributed by atoms with Crippen LogP contribution in [0.4, 0.5) is 0 Å². The SMILES string of the molecule is [2H]C([2H])([2H])CCCCCCCCCCC(=O)O. The van der Waals surface area contributed by atoms with E-state index in [0.717, 1.165) is 51.4 Å². The average molecular weight is 203 g/mol. The number of carboxylic acid groups (broad SMARTS) is 1. The monoisotopic (exact) mass is 203 g/mol. The second-order valence-corrected chi connectivity index (χ2v) is 3.72. The van der Waals surface area contributed by atoms with Crippen LogP contribution in [0.25, 0.3) is 0 Å². The maximum Gasteiger partial charge on any atom is 0.303 e. The Morgan fingerprint density at radius 1 is 1.00 bits per heavy atom. The molecule has 0 fully saturated rings. The van der Waals surface area contributed by atoms with Crippen LogP contribution in [0.2, 0.25) is 0 Å². The summed E-state index contributed by atoms with van der Waals surface area (Å²) < 4.78 is 21.1. The zero-order valence-electron chi connectivity index (χ0n) is 11.9. The molecule has 0 aromatic carbocycles. The third-order valence-electron chi connectivity index (χ3n) is 2.32. The zero-order valence-corrected chi connectivity index (χ0v) is 8.93. The Balaban J connectivity index is 3.06. The van der Waals surface area contributed by atoms with Crippen LogP contribution in [-0.4, -0.2) is 11.1 Å². The van der Waals surface area contributed by atoms with Crippen molar-refractivity contribution >= 4 is 5.97 Å². The molecule has 2 nitrogen and oxygen atoms in total. The molecule has 0 saturated carbocycles. The first kappa shape index (κ1) is 8.75. The molecule has 0 aliphatic carbocycles. The lowest BCUT2D eigenvalue weighted by atomic mass is 10.1. The molecule has 0 aromatic rings. The van der Waals surface area contributed by atoms with Crippen molar-refractivity contribution in [3.8, 4) is 0 Å². The van der Waals surface area contributed by atoms with Crippen LogP contribution in [0.15, 0.2) is 0 Å². The lowest BCUT2D eigenvalue weighted by Gasteiger charge is -2.00. The number of hydrogen-bond donors (Lipinski definition) is 1. The van der Waals surface area contributed by atoms with Crippen LogP contribution in [-0.2, 0) is 4.79 Å². The highest BCUT2D eigenvalue weighted by Gasteiger charge is 1.96. The van der Waals surface area contributed by atoms with E-state index in [9.17, 15) is 4.79 Å². The molecule has 0 amide bonds. The highest BCUT2D eigenvalue weighted by molar-refractivity contribution is 5.66. The minimum absolute atomic E-state index is 0.276. The van der Waals surface area contributed by atoms with E-state index in [2.05, 4.69) is 0 Å². The topological polar surface area (TPSA) is 37.3 Å². The number of unbranched alkanes of at least 4 members (excludes halogenated alkanes) is 7. The Labute approximate surface area is 91.9 Å². The van der Waals surface area contributed by atoms with Crippen molar-refractivity contribution in [2.45, 2.75) is 71.1 Å². The van der Waals surface area contributed by atoms with E-state index >= 15 is 0 Å². The van der Waals surface area contributed by atoms with Gasteiger partial charge < -0.3 is 5.11 Å². The lowest BCUT2D eigenvalue weighted by molar-refractivity contribution is -0.137. The second-order valence-electron chi connectivity index (χ2n) is 3.72. The van der Waals surface area contributed by atoms with Gasteiger partial charge in [-0.1, -0.05) is 58.2 Å². The van der Waals surface area contributed by atoms with Crippen LogP contribution < -0.4 is 0 Å². The van der Waals surface area contributed by atoms with Crippen LogP contribution in [0.5, 0.6) is 0 Å². The van der Waals surface area contributed by atoms with Crippen LogP contribution in [0.1, 0.15) is 75.2 Å². The number of aliphatic carboxylic acids is 1. The number of carbonyl (C=O) groups is 1. The summed E-state index contributed by atoms with van der Waals surface area (Å²) in [6.07, 6.45) is 8.59. The Bertz CT molecular complexity index is 202. The van der Waals surface area contributed by atoms with Gasteiger partial charge in [-0.3, -0.25) is 4.79 Å². The van der Waals surface area contributed by atoms with Crippen molar-refractivity contribution in [2.75, 3.05) is 0 Å².